The molecule has 330 valence electrons. The van der Waals surface area contributed by atoms with E-state index in [9.17, 15) is 0 Å². The summed E-state index contributed by atoms with van der Waals surface area (Å²) in [5.74, 6) is 1.36. The zero-order chi connectivity index (χ0) is 42.5. The van der Waals surface area contributed by atoms with Crippen LogP contribution in [0.1, 0.15) is 245 Å². The van der Waals surface area contributed by atoms with Gasteiger partial charge in [-0.2, -0.15) is 0 Å². The van der Waals surface area contributed by atoms with Gasteiger partial charge in [0.2, 0.25) is 0 Å². The number of rotatable bonds is 34. The van der Waals surface area contributed by atoms with E-state index in [4.69, 9.17) is 11.5 Å². The second-order valence-corrected chi connectivity index (χ2v) is 18.5. The smallest absolute Gasteiger partial charge is 0.0314 e. The van der Waals surface area contributed by atoms with Gasteiger partial charge in [-0.25, -0.2) is 0 Å². The van der Waals surface area contributed by atoms with Gasteiger partial charge in [0.1, 0.15) is 0 Å². The Kier molecular flexibility index (Phi) is 25.0. The maximum Gasteiger partial charge on any atom is 0.0314 e. The summed E-state index contributed by atoms with van der Waals surface area (Å²) in [6, 6.07) is 37.1. The van der Waals surface area contributed by atoms with E-state index in [1.807, 2.05) is 0 Å². The Labute approximate surface area is 370 Å². The third kappa shape index (κ3) is 19.0. The van der Waals surface area contributed by atoms with E-state index in [2.05, 4.69) is 118 Å². The van der Waals surface area contributed by atoms with E-state index < -0.39 is 0 Å². The molecule has 4 aromatic rings. The van der Waals surface area contributed by atoms with Gasteiger partial charge in [0, 0.05) is 23.2 Å². The van der Waals surface area contributed by atoms with Gasteiger partial charge in [-0.05, 0) is 89.2 Å². The van der Waals surface area contributed by atoms with Crippen LogP contribution >= 0.6 is 0 Å². The highest BCUT2D eigenvalue weighted by Gasteiger charge is 2.19. The van der Waals surface area contributed by atoms with Gasteiger partial charge < -0.3 is 11.5 Å². The number of nitrogen functional groups attached to an aromatic ring is 2. The molecule has 0 spiro atoms. The maximum atomic E-state index is 6.15. The summed E-state index contributed by atoms with van der Waals surface area (Å²) in [5, 5.41) is 0. The van der Waals surface area contributed by atoms with Crippen LogP contribution in [-0.2, 0) is 6.42 Å². The highest BCUT2D eigenvalue weighted by molar-refractivity contribution is 5.44. The fraction of sp³-hybridized carbons (Fsp3) is 0.586. The molecule has 0 saturated heterocycles. The largest absolute Gasteiger partial charge is 0.399 e. The van der Waals surface area contributed by atoms with Crippen molar-refractivity contribution in [2.75, 3.05) is 11.5 Å². The highest BCUT2D eigenvalue weighted by Crippen LogP contribution is 2.35. The molecule has 0 aromatic heterocycles. The maximum absolute atomic E-state index is 6.15. The number of nitrogens with two attached hydrogens (primary N) is 2. The second-order valence-electron chi connectivity index (χ2n) is 18.5. The van der Waals surface area contributed by atoms with Crippen LogP contribution in [0.4, 0.5) is 11.4 Å². The lowest BCUT2D eigenvalue weighted by atomic mass is 9.82. The highest BCUT2D eigenvalue weighted by atomic mass is 14.5. The Morgan fingerprint density at radius 2 is 0.567 bits per heavy atom. The summed E-state index contributed by atoms with van der Waals surface area (Å²) < 4.78 is 0. The van der Waals surface area contributed by atoms with Crippen LogP contribution in [-0.4, -0.2) is 0 Å². The first kappa shape index (κ1) is 49.1. The molecular weight excluding hydrogens is 725 g/mol. The van der Waals surface area contributed by atoms with Crippen LogP contribution in [0.3, 0.4) is 0 Å². The molecule has 4 rings (SSSR count). The first-order valence-corrected chi connectivity index (χ1v) is 25.4. The van der Waals surface area contributed by atoms with Crippen molar-refractivity contribution in [3.05, 3.63) is 130 Å². The molecule has 0 amide bonds. The van der Waals surface area contributed by atoms with E-state index in [0.29, 0.717) is 17.8 Å². The standard InChI is InChI=1S/C58H88N2/c1-4-7-10-13-16-18-20-23-26-29-57(52-39-43-55(59)44-40-52)50-33-31-48(32-34-50)47-54(28-25-22-15-12-9-6-3)49-35-37-51(38-36-49)58(53-41-45-56(60)46-42-53)30-27-24-21-19-17-14-11-8-5-2/h31-46,54,57-58H,4-30,47,59-60H2,1-3H3. The van der Waals surface area contributed by atoms with Crippen LogP contribution in [0.5, 0.6) is 0 Å². The molecule has 0 bridgehead atoms. The van der Waals surface area contributed by atoms with Crippen molar-refractivity contribution in [3.63, 3.8) is 0 Å². The van der Waals surface area contributed by atoms with Crippen molar-refractivity contribution < 1.29 is 0 Å². The minimum atomic E-state index is 0.415. The van der Waals surface area contributed by atoms with Crippen LogP contribution in [0.25, 0.3) is 0 Å². The number of anilines is 2. The lowest BCUT2D eigenvalue weighted by Gasteiger charge is -2.22. The topological polar surface area (TPSA) is 52.0 Å². The summed E-state index contributed by atoms with van der Waals surface area (Å²) in [6.07, 6.45) is 37.4. The molecule has 0 saturated carbocycles. The van der Waals surface area contributed by atoms with Gasteiger partial charge in [0.25, 0.3) is 0 Å². The number of hydrogen-bond acceptors (Lipinski definition) is 2. The third-order valence-electron chi connectivity index (χ3n) is 13.5. The van der Waals surface area contributed by atoms with E-state index in [1.54, 1.807) is 0 Å². The fourth-order valence-corrected chi connectivity index (χ4v) is 9.56. The van der Waals surface area contributed by atoms with Gasteiger partial charge in [-0.1, -0.05) is 248 Å². The van der Waals surface area contributed by atoms with Gasteiger partial charge >= 0.3 is 0 Å². The molecule has 3 atom stereocenters. The Morgan fingerprint density at radius 1 is 0.300 bits per heavy atom. The Balaban J connectivity index is 1.44. The minimum Gasteiger partial charge on any atom is -0.399 e. The Morgan fingerprint density at radius 3 is 0.917 bits per heavy atom. The SMILES string of the molecule is CCCCCCCCCCCC(c1ccc(N)cc1)c1ccc(CC(CCCCCCCC)c2ccc(C(CCCCCCCCCCC)c3ccc(N)cc3)cc2)cc1. The van der Waals surface area contributed by atoms with Crippen molar-refractivity contribution in [1.82, 2.24) is 0 Å². The molecule has 3 unspecified atom stereocenters. The second kappa shape index (κ2) is 30.5. The summed E-state index contributed by atoms with van der Waals surface area (Å²) in [5.41, 5.74) is 22.6. The molecule has 0 fully saturated rings. The monoisotopic (exact) mass is 813 g/mol. The summed E-state index contributed by atoms with van der Waals surface area (Å²) >= 11 is 0. The van der Waals surface area contributed by atoms with Gasteiger partial charge in [-0.3, -0.25) is 0 Å². The van der Waals surface area contributed by atoms with E-state index >= 15 is 0 Å². The quantitative estimate of drug-likeness (QED) is 0.0365. The van der Waals surface area contributed by atoms with Crippen molar-refractivity contribution in [2.45, 2.75) is 218 Å². The zero-order valence-corrected chi connectivity index (χ0v) is 38.9. The summed E-state index contributed by atoms with van der Waals surface area (Å²) in [7, 11) is 0. The fourth-order valence-electron chi connectivity index (χ4n) is 9.56. The molecule has 0 aliphatic rings. The molecule has 4 N–H and O–H groups in total. The van der Waals surface area contributed by atoms with Crippen molar-refractivity contribution in [2.24, 2.45) is 0 Å². The van der Waals surface area contributed by atoms with Crippen molar-refractivity contribution >= 4 is 11.4 Å². The van der Waals surface area contributed by atoms with Crippen LogP contribution in [0, 0.1) is 0 Å². The van der Waals surface area contributed by atoms with Gasteiger partial charge in [-0.15, -0.1) is 0 Å². The average molecular weight is 813 g/mol. The van der Waals surface area contributed by atoms with Crippen LogP contribution < -0.4 is 11.5 Å². The van der Waals surface area contributed by atoms with Crippen LogP contribution in [0.2, 0.25) is 0 Å². The van der Waals surface area contributed by atoms with E-state index in [0.717, 1.165) is 17.8 Å². The molecule has 2 heteroatoms. The molecule has 0 aliphatic heterocycles. The first-order chi connectivity index (χ1) is 29.5. The third-order valence-corrected chi connectivity index (χ3v) is 13.5. The number of benzene rings is 4. The first-order valence-electron chi connectivity index (χ1n) is 25.4. The van der Waals surface area contributed by atoms with Crippen LogP contribution in [0.15, 0.2) is 97.1 Å². The predicted molar refractivity (Wildman–Crippen MR) is 266 cm³/mol. The molecule has 0 radical (unpaired) electrons. The predicted octanol–water partition coefficient (Wildman–Crippen LogP) is 18.0. The molecule has 0 heterocycles. The van der Waals surface area contributed by atoms with Crippen molar-refractivity contribution in [1.29, 1.82) is 0 Å². The van der Waals surface area contributed by atoms with Gasteiger partial charge in [0.05, 0.1) is 0 Å². The Hall–Kier alpha value is -3.52. The van der Waals surface area contributed by atoms with E-state index in [-0.39, 0.29) is 0 Å². The summed E-state index contributed by atoms with van der Waals surface area (Å²) in [6.45, 7) is 6.92. The van der Waals surface area contributed by atoms with E-state index in [1.165, 1.54) is 207 Å². The molecule has 0 aliphatic carbocycles. The zero-order valence-electron chi connectivity index (χ0n) is 38.9. The summed E-state index contributed by atoms with van der Waals surface area (Å²) in [4.78, 5) is 0. The lowest BCUT2D eigenvalue weighted by Crippen LogP contribution is -2.07. The molecule has 4 aromatic carbocycles. The molecule has 2 nitrogen and oxygen atoms in total. The lowest BCUT2D eigenvalue weighted by molar-refractivity contribution is 0.535. The average Bonchev–Trinajstić information content (AvgIpc) is 3.27. The molecule has 60 heavy (non-hydrogen) atoms. The number of unbranched alkanes of at least 4 members (excludes halogenated alkanes) is 21. The van der Waals surface area contributed by atoms with Crippen molar-refractivity contribution in [3.8, 4) is 0 Å². The van der Waals surface area contributed by atoms with Gasteiger partial charge in [0.15, 0.2) is 0 Å². The minimum absolute atomic E-state index is 0.415. The molecular formula is C58H88N2. The Bertz CT molecular complexity index is 1600. The normalized spacial score (nSPS) is 13.1. The number of hydrogen-bond donors (Lipinski definition) is 2.